The quantitative estimate of drug-likeness (QED) is 0.855. The molecule has 104 valence electrons. The summed E-state index contributed by atoms with van der Waals surface area (Å²) in [7, 11) is 0. The lowest BCUT2D eigenvalue weighted by Gasteiger charge is -2.28. The highest BCUT2D eigenvalue weighted by molar-refractivity contribution is 5.80. The Balaban J connectivity index is 2.82. The lowest BCUT2D eigenvalue weighted by atomic mass is 10.2. The Morgan fingerprint density at radius 2 is 1.63 bits per heavy atom. The van der Waals surface area contributed by atoms with E-state index in [-0.39, 0.29) is 12.6 Å². The zero-order valence-electron chi connectivity index (χ0n) is 11.4. The fourth-order valence-electron chi connectivity index (χ4n) is 1.85. The predicted molar refractivity (Wildman–Crippen MR) is 72.8 cm³/mol. The highest BCUT2D eigenvalue weighted by Crippen LogP contribution is 2.07. The Morgan fingerprint density at radius 3 is 2.11 bits per heavy atom. The Labute approximate surface area is 113 Å². The van der Waals surface area contributed by atoms with Gasteiger partial charge in [-0.1, -0.05) is 30.3 Å². The number of rotatable bonds is 6. The van der Waals surface area contributed by atoms with E-state index in [1.54, 1.807) is 4.90 Å². The highest BCUT2D eigenvalue weighted by Gasteiger charge is 2.21. The van der Waals surface area contributed by atoms with Crippen LogP contribution in [0.3, 0.4) is 0 Å². The van der Waals surface area contributed by atoms with Crippen molar-refractivity contribution in [1.29, 1.82) is 0 Å². The van der Waals surface area contributed by atoms with E-state index in [4.69, 9.17) is 5.11 Å². The first-order valence-electron chi connectivity index (χ1n) is 6.38. The van der Waals surface area contributed by atoms with Gasteiger partial charge < -0.3 is 14.9 Å². The van der Waals surface area contributed by atoms with Crippen LogP contribution < -0.4 is 0 Å². The molecule has 2 amide bonds. The Kier molecular flexibility index (Phi) is 5.85. The molecule has 0 radical (unpaired) electrons. The second kappa shape index (κ2) is 7.41. The van der Waals surface area contributed by atoms with Crippen molar-refractivity contribution >= 4 is 12.0 Å². The van der Waals surface area contributed by atoms with E-state index in [0.717, 1.165) is 5.56 Å². The summed E-state index contributed by atoms with van der Waals surface area (Å²) in [5.41, 5.74) is 0.921. The van der Waals surface area contributed by atoms with Crippen molar-refractivity contribution in [3.63, 3.8) is 0 Å². The maximum Gasteiger partial charge on any atom is 0.323 e. The maximum absolute atomic E-state index is 12.2. The molecule has 1 aromatic carbocycles. The molecule has 5 nitrogen and oxygen atoms in total. The minimum absolute atomic E-state index is 0.240. The van der Waals surface area contributed by atoms with Gasteiger partial charge in [0.2, 0.25) is 0 Å². The standard InChI is InChI=1S/C14H20N2O3/c1-3-15(4-2)14(19)16(11-13(17)18)10-12-8-6-5-7-9-12/h5-9H,3-4,10-11H2,1-2H3,(H,17,18). The van der Waals surface area contributed by atoms with Crippen molar-refractivity contribution in [3.8, 4) is 0 Å². The highest BCUT2D eigenvalue weighted by atomic mass is 16.4. The number of carbonyl (C=O) groups excluding carboxylic acids is 1. The van der Waals surface area contributed by atoms with Crippen LogP contribution in [0.15, 0.2) is 30.3 Å². The first-order valence-corrected chi connectivity index (χ1v) is 6.38. The Bertz CT molecular complexity index is 416. The van der Waals surface area contributed by atoms with E-state index >= 15 is 0 Å². The van der Waals surface area contributed by atoms with Crippen LogP contribution in [0, 0.1) is 0 Å². The normalized spacial score (nSPS) is 10.0. The molecule has 0 atom stereocenters. The summed E-state index contributed by atoms with van der Waals surface area (Å²) in [6.07, 6.45) is 0. The summed E-state index contributed by atoms with van der Waals surface area (Å²) in [4.78, 5) is 26.1. The predicted octanol–water partition coefficient (Wildman–Crippen LogP) is 2.04. The summed E-state index contributed by atoms with van der Waals surface area (Å²) in [5.74, 6) is -1.00. The van der Waals surface area contributed by atoms with Crippen molar-refractivity contribution < 1.29 is 14.7 Å². The number of hydrogen-bond donors (Lipinski definition) is 1. The molecule has 0 bridgehead atoms. The zero-order valence-corrected chi connectivity index (χ0v) is 11.4. The number of aliphatic carboxylic acids is 1. The first-order chi connectivity index (χ1) is 9.08. The molecule has 0 saturated carbocycles. The number of hydrogen-bond acceptors (Lipinski definition) is 2. The molecule has 0 saturated heterocycles. The van der Waals surface area contributed by atoms with Gasteiger partial charge >= 0.3 is 12.0 Å². The molecule has 0 unspecified atom stereocenters. The Morgan fingerprint density at radius 1 is 1.05 bits per heavy atom. The van der Waals surface area contributed by atoms with Crippen molar-refractivity contribution in [3.05, 3.63) is 35.9 Å². The van der Waals surface area contributed by atoms with Crippen molar-refractivity contribution in [2.24, 2.45) is 0 Å². The summed E-state index contributed by atoms with van der Waals surface area (Å²) in [6.45, 7) is 4.92. The Hall–Kier alpha value is -2.04. The van der Waals surface area contributed by atoms with E-state index < -0.39 is 5.97 Å². The molecule has 0 aliphatic carbocycles. The number of carboxylic acids is 1. The molecule has 1 rings (SSSR count). The molecule has 19 heavy (non-hydrogen) atoms. The molecular weight excluding hydrogens is 244 g/mol. The lowest BCUT2D eigenvalue weighted by molar-refractivity contribution is -0.137. The summed E-state index contributed by atoms with van der Waals surface area (Å²) >= 11 is 0. The molecular formula is C14H20N2O3. The smallest absolute Gasteiger partial charge is 0.323 e. The molecule has 0 fully saturated rings. The van der Waals surface area contributed by atoms with Gasteiger partial charge in [0.05, 0.1) is 0 Å². The molecule has 0 aliphatic rings. The van der Waals surface area contributed by atoms with Crippen molar-refractivity contribution in [1.82, 2.24) is 9.80 Å². The minimum atomic E-state index is -1.00. The third kappa shape index (κ3) is 4.62. The molecule has 0 aliphatic heterocycles. The van der Waals surface area contributed by atoms with Crippen LogP contribution in [0.4, 0.5) is 4.79 Å². The van der Waals surface area contributed by atoms with Gasteiger partial charge in [0.15, 0.2) is 0 Å². The number of nitrogens with zero attached hydrogens (tertiary/aromatic N) is 2. The van der Waals surface area contributed by atoms with E-state index in [9.17, 15) is 9.59 Å². The third-order valence-electron chi connectivity index (χ3n) is 2.85. The first kappa shape index (κ1) is 15.0. The topological polar surface area (TPSA) is 60.9 Å². The monoisotopic (exact) mass is 264 g/mol. The molecule has 0 spiro atoms. The molecule has 0 heterocycles. The van der Waals surface area contributed by atoms with Crippen LogP contribution >= 0.6 is 0 Å². The van der Waals surface area contributed by atoms with E-state index in [1.165, 1.54) is 4.90 Å². The summed E-state index contributed by atoms with van der Waals surface area (Å²) in [5, 5.41) is 8.93. The molecule has 0 aromatic heterocycles. The molecule has 1 aromatic rings. The molecule has 1 N–H and O–H groups in total. The number of amides is 2. The largest absolute Gasteiger partial charge is 0.480 e. The average Bonchev–Trinajstić information content (AvgIpc) is 2.40. The minimum Gasteiger partial charge on any atom is -0.480 e. The number of carbonyl (C=O) groups is 2. The SMILES string of the molecule is CCN(CC)C(=O)N(CC(=O)O)Cc1ccccc1. The number of urea groups is 1. The van der Waals surface area contributed by atoms with Crippen molar-refractivity contribution in [2.75, 3.05) is 19.6 Å². The van der Waals surface area contributed by atoms with E-state index in [0.29, 0.717) is 19.6 Å². The third-order valence-corrected chi connectivity index (χ3v) is 2.85. The van der Waals surface area contributed by atoms with Crippen LogP contribution in [0.5, 0.6) is 0 Å². The van der Waals surface area contributed by atoms with Crippen LogP contribution in [0.1, 0.15) is 19.4 Å². The van der Waals surface area contributed by atoms with Gasteiger partial charge in [-0.15, -0.1) is 0 Å². The van der Waals surface area contributed by atoms with Gasteiger partial charge in [-0.25, -0.2) is 4.79 Å². The molecule has 5 heteroatoms. The van der Waals surface area contributed by atoms with Gasteiger partial charge in [0, 0.05) is 19.6 Å². The number of carboxylic acid groups (broad SMARTS) is 1. The van der Waals surface area contributed by atoms with Crippen LogP contribution in [0.2, 0.25) is 0 Å². The van der Waals surface area contributed by atoms with E-state index in [2.05, 4.69) is 0 Å². The lowest BCUT2D eigenvalue weighted by Crippen LogP contribution is -2.44. The fourth-order valence-corrected chi connectivity index (χ4v) is 1.85. The number of benzene rings is 1. The van der Waals surface area contributed by atoms with Crippen LogP contribution in [0.25, 0.3) is 0 Å². The van der Waals surface area contributed by atoms with Gasteiger partial charge in [-0.05, 0) is 19.4 Å². The zero-order chi connectivity index (χ0) is 14.3. The van der Waals surface area contributed by atoms with Crippen LogP contribution in [-0.4, -0.2) is 46.5 Å². The van der Waals surface area contributed by atoms with Gasteiger partial charge in [0.1, 0.15) is 6.54 Å². The van der Waals surface area contributed by atoms with Crippen LogP contribution in [-0.2, 0) is 11.3 Å². The summed E-state index contributed by atoms with van der Waals surface area (Å²) < 4.78 is 0. The van der Waals surface area contributed by atoms with Gasteiger partial charge in [-0.2, -0.15) is 0 Å². The summed E-state index contributed by atoms with van der Waals surface area (Å²) in [6, 6.07) is 9.15. The second-order valence-corrected chi connectivity index (χ2v) is 4.19. The maximum atomic E-state index is 12.2. The fraction of sp³-hybridized carbons (Fsp3) is 0.429. The second-order valence-electron chi connectivity index (χ2n) is 4.19. The van der Waals surface area contributed by atoms with Crippen molar-refractivity contribution in [2.45, 2.75) is 20.4 Å². The average molecular weight is 264 g/mol. The van der Waals surface area contributed by atoms with Gasteiger partial charge in [0.25, 0.3) is 0 Å². The van der Waals surface area contributed by atoms with E-state index in [1.807, 2.05) is 44.2 Å². The van der Waals surface area contributed by atoms with Gasteiger partial charge in [-0.3, -0.25) is 4.79 Å².